The van der Waals surface area contributed by atoms with Crippen LogP contribution in [0.1, 0.15) is 78.6 Å². The molecule has 0 aromatic rings. The largest absolute Gasteiger partial charge is 0.0853 e. The molecule has 0 radical (unpaired) electrons. The summed E-state index contributed by atoms with van der Waals surface area (Å²) in [5, 5.41) is 0. The molecule has 0 amide bonds. The molecule has 3 aliphatic rings. The average molecular weight is 375 g/mol. The van der Waals surface area contributed by atoms with E-state index in [1.165, 1.54) is 60.8 Å². The number of allylic oxidation sites excluding steroid dienone is 14. The summed E-state index contributed by atoms with van der Waals surface area (Å²) in [4.78, 5) is 0. The molecule has 0 heteroatoms. The molecule has 2 unspecified atom stereocenters. The zero-order valence-corrected chi connectivity index (χ0v) is 18.2. The average Bonchev–Trinajstić information content (AvgIpc) is 2.72. The van der Waals surface area contributed by atoms with Gasteiger partial charge in [0, 0.05) is 5.92 Å². The van der Waals surface area contributed by atoms with Crippen LogP contribution >= 0.6 is 0 Å². The third kappa shape index (κ3) is 5.84. The van der Waals surface area contributed by atoms with Gasteiger partial charge in [0.1, 0.15) is 0 Å². The third-order valence-electron chi connectivity index (χ3n) is 6.17. The van der Waals surface area contributed by atoms with Crippen molar-refractivity contribution in [2.45, 2.75) is 78.6 Å². The van der Waals surface area contributed by atoms with Gasteiger partial charge in [-0.3, -0.25) is 0 Å². The maximum absolute atomic E-state index is 2.51. The van der Waals surface area contributed by atoms with Crippen LogP contribution in [0.25, 0.3) is 0 Å². The van der Waals surface area contributed by atoms with Crippen molar-refractivity contribution in [2.75, 3.05) is 0 Å². The van der Waals surface area contributed by atoms with Crippen LogP contribution in [-0.4, -0.2) is 0 Å². The molecule has 0 bridgehead atoms. The van der Waals surface area contributed by atoms with E-state index in [9.17, 15) is 0 Å². The molecule has 150 valence electrons. The minimum absolute atomic E-state index is 0.516. The lowest BCUT2D eigenvalue weighted by atomic mass is 9.80. The first-order valence-electron chi connectivity index (χ1n) is 11.5. The summed E-state index contributed by atoms with van der Waals surface area (Å²) in [6.07, 6.45) is 33.0. The van der Waals surface area contributed by atoms with Gasteiger partial charge in [0.15, 0.2) is 0 Å². The summed E-state index contributed by atoms with van der Waals surface area (Å²) >= 11 is 0. The van der Waals surface area contributed by atoms with Gasteiger partial charge in [-0.05, 0) is 87.3 Å². The van der Waals surface area contributed by atoms with E-state index in [0.717, 1.165) is 19.3 Å². The molecule has 3 rings (SSSR count). The number of rotatable bonds is 7. The van der Waals surface area contributed by atoms with E-state index in [-0.39, 0.29) is 0 Å². The SMILES string of the molecule is CCC=CC(=CCC)C1C=C(C2=CCC(CC3=CCCCC3)C=C2)C=C(C)C1. The van der Waals surface area contributed by atoms with Crippen molar-refractivity contribution in [2.24, 2.45) is 11.8 Å². The Labute approximate surface area is 173 Å². The maximum Gasteiger partial charge on any atom is 0.00610 e. The second-order valence-electron chi connectivity index (χ2n) is 8.67. The fourth-order valence-electron chi connectivity index (χ4n) is 4.68. The van der Waals surface area contributed by atoms with Gasteiger partial charge >= 0.3 is 0 Å². The molecule has 2 atom stereocenters. The van der Waals surface area contributed by atoms with E-state index in [2.05, 4.69) is 75.5 Å². The number of hydrogen-bond acceptors (Lipinski definition) is 0. The van der Waals surface area contributed by atoms with Crippen LogP contribution in [-0.2, 0) is 0 Å². The monoisotopic (exact) mass is 374 g/mol. The summed E-state index contributed by atoms with van der Waals surface area (Å²) in [6.45, 7) is 6.74. The molecule has 0 heterocycles. The Morgan fingerprint density at radius 1 is 1.11 bits per heavy atom. The van der Waals surface area contributed by atoms with Crippen LogP contribution in [0.15, 0.2) is 82.5 Å². The summed E-state index contributed by atoms with van der Waals surface area (Å²) in [7, 11) is 0. The van der Waals surface area contributed by atoms with Crippen molar-refractivity contribution in [3.05, 3.63) is 82.5 Å². The van der Waals surface area contributed by atoms with Crippen molar-refractivity contribution >= 4 is 0 Å². The summed E-state index contributed by atoms with van der Waals surface area (Å²) in [5.74, 6) is 1.21. The van der Waals surface area contributed by atoms with Gasteiger partial charge in [0.2, 0.25) is 0 Å². The zero-order chi connectivity index (χ0) is 19.8. The van der Waals surface area contributed by atoms with E-state index in [0.29, 0.717) is 11.8 Å². The second-order valence-corrected chi connectivity index (χ2v) is 8.67. The molecular formula is C28H38. The van der Waals surface area contributed by atoms with E-state index in [1.54, 1.807) is 5.57 Å². The molecule has 3 aliphatic carbocycles. The standard InChI is InChI=1S/C28H38/c1-4-6-13-25(10-5-2)27-18-22(3)19-28(21-27)26-16-14-24(15-17-26)20-23-11-8-7-9-12-23/h6,10-11,13-14,16-17,19,21,24,27H,4-5,7-9,12,15,18,20H2,1-3H3. The first-order chi connectivity index (χ1) is 13.7. The van der Waals surface area contributed by atoms with Crippen LogP contribution < -0.4 is 0 Å². The molecule has 0 aromatic heterocycles. The minimum Gasteiger partial charge on any atom is -0.0853 e. The second kappa shape index (κ2) is 10.6. The van der Waals surface area contributed by atoms with Crippen molar-refractivity contribution in [1.82, 2.24) is 0 Å². The van der Waals surface area contributed by atoms with Crippen LogP contribution in [0.2, 0.25) is 0 Å². The summed E-state index contributed by atoms with van der Waals surface area (Å²) < 4.78 is 0. The topological polar surface area (TPSA) is 0 Å². The smallest absolute Gasteiger partial charge is 0.00610 e. The van der Waals surface area contributed by atoms with Gasteiger partial charge in [-0.1, -0.05) is 79.7 Å². The van der Waals surface area contributed by atoms with Crippen molar-refractivity contribution in [3.8, 4) is 0 Å². The lowest BCUT2D eigenvalue weighted by Crippen LogP contribution is -2.09. The van der Waals surface area contributed by atoms with Crippen LogP contribution in [0, 0.1) is 11.8 Å². The highest BCUT2D eigenvalue weighted by Gasteiger charge is 2.19. The first-order valence-corrected chi connectivity index (χ1v) is 11.5. The molecule has 0 N–H and O–H groups in total. The summed E-state index contributed by atoms with van der Waals surface area (Å²) in [5.41, 5.74) is 7.53. The van der Waals surface area contributed by atoms with Gasteiger partial charge in [-0.25, -0.2) is 0 Å². The third-order valence-corrected chi connectivity index (χ3v) is 6.17. The number of hydrogen-bond donors (Lipinski definition) is 0. The molecule has 0 saturated heterocycles. The van der Waals surface area contributed by atoms with Crippen LogP contribution in [0.5, 0.6) is 0 Å². The first kappa shape index (κ1) is 20.9. The molecule has 0 aromatic carbocycles. The van der Waals surface area contributed by atoms with Crippen LogP contribution in [0.4, 0.5) is 0 Å². The molecule has 0 aliphatic heterocycles. The quantitative estimate of drug-likeness (QED) is 0.309. The van der Waals surface area contributed by atoms with Gasteiger partial charge in [0.05, 0.1) is 0 Å². The Morgan fingerprint density at radius 2 is 2.00 bits per heavy atom. The zero-order valence-electron chi connectivity index (χ0n) is 18.2. The fourth-order valence-corrected chi connectivity index (χ4v) is 4.68. The fraction of sp³-hybridized carbons (Fsp3) is 0.500. The highest BCUT2D eigenvalue weighted by atomic mass is 14.2. The summed E-state index contributed by atoms with van der Waals surface area (Å²) in [6, 6.07) is 0. The Morgan fingerprint density at radius 3 is 2.68 bits per heavy atom. The lowest BCUT2D eigenvalue weighted by Gasteiger charge is -2.24. The van der Waals surface area contributed by atoms with Crippen LogP contribution in [0.3, 0.4) is 0 Å². The predicted molar refractivity (Wildman–Crippen MR) is 124 cm³/mol. The van der Waals surface area contributed by atoms with Crippen molar-refractivity contribution in [1.29, 1.82) is 0 Å². The normalized spacial score (nSPS) is 26.0. The highest BCUT2D eigenvalue weighted by Crippen LogP contribution is 2.35. The molecule has 28 heavy (non-hydrogen) atoms. The van der Waals surface area contributed by atoms with Gasteiger partial charge < -0.3 is 0 Å². The highest BCUT2D eigenvalue weighted by molar-refractivity contribution is 5.52. The Bertz CT molecular complexity index is 745. The van der Waals surface area contributed by atoms with Crippen molar-refractivity contribution < 1.29 is 0 Å². The van der Waals surface area contributed by atoms with Gasteiger partial charge in [-0.2, -0.15) is 0 Å². The Balaban J connectivity index is 1.70. The van der Waals surface area contributed by atoms with E-state index in [1.807, 2.05) is 0 Å². The molecular weight excluding hydrogens is 336 g/mol. The molecule has 0 fully saturated rings. The van der Waals surface area contributed by atoms with E-state index < -0.39 is 0 Å². The maximum atomic E-state index is 2.51. The molecule has 0 saturated carbocycles. The minimum atomic E-state index is 0.516. The van der Waals surface area contributed by atoms with Crippen molar-refractivity contribution in [3.63, 3.8) is 0 Å². The lowest BCUT2D eigenvalue weighted by molar-refractivity contribution is 0.593. The van der Waals surface area contributed by atoms with E-state index >= 15 is 0 Å². The van der Waals surface area contributed by atoms with Gasteiger partial charge in [0.25, 0.3) is 0 Å². The molecule has 0 nitrogen and oxygen atoms in total. The van der Waals surface area contributed by atoms with E-state index in [4.69, 9.17) is 0 Å². The Hall–Kier alpha value is -1.82. The van der Waals surface area contributed by atoms with Gasteiger partial charge in [-0.15, -0.1) is 0 Å². The predicted octanol–water partition coefficient (Wildman–Crippen LogP) is 8.57. The Kier molecular flexibility index (Phi) is 7.95. The molecule has 0 spiro atoms.